The number of rotatable bonds is 8. The summed E-state index contributed by atoms with van der Waals surface area (Å²) in [6.07, 6.45) is -3.29. The number of pyridine rings is 1. The van der Waals surface area contributed by atoms with Gasteiger partial charge in [-0.1, -0.05) is 12.1 Å². The van der Waals surface area contributed by atoms with E-state index >= 15 is 0 Å². The summed E-state index contributed by atoms with van der Waals surface area (Å²) in [5, 5.41) is 0. The number of methoxy groups -OCH3 is 1. The molecule has 0 aliphatic carbocycles. The summed E-state index contributed by atoms with van der Waals surface area (Å²) >= 11 is 0. The summed E-state index contributed by atoms with van der Waals surface area (Å²) in [4.78, 5) is 3.90. The van der Waals surface area contributed by atoms with Crippen LogP contribution in [0.5, 0.6) is 11.6 Å². The highest BCUT2D eigenvalue weighted by Gasteiger charge is 2.30. The van der Waals surface area contributed by atoms with Crippen molar-refractivity contribution in [1.29, 1.82) is 0 Å². The highest BCUT2D eigenvalue weighted by Crippen LogP contribution is 2.33. The molecule has 0 aliphatic rings. The summed E-state index contributed by atoms with van der Waals surface area (Å²) in [5.74, 6) is -0.716. The summed E-state index contributed by atoms with van der Waals surface area (Å²) in [6, 6.07) is 7.74. The Labute approximate surface area is 186 Å². The molecule has 0 radical (unpaired) electrons. The fourth-order valence-corrected chi connectivity index (χ4v) is 3.39. The molecule has 0 aliphatic heterocycles. The van der Waals surface area contributed by atoms with Gasteiger partial charge in [-0.2, -0.15) is 13.2 Å². The zero-order valence-corrected chi connectivity index (χ0v) is 17.8. The second-order valence-electron chi connectivity index (χ2n) is 6.74. The van der Waals surface area contributed by atoms with Crippen LogP contribution in [0.3, 0.4) is 0 Å². The number of halogens is 5. The lowest BCUT2D eigenvalue weighted by Gasteiger charge is -2.13. The van der Waals surface area contributed by atoms with Crippen LogP contribution >= 0.6 is 0 Å². The van der Waals surface area contributed by atoms with E-state index in [4.69, 9.17) is 9.47 Å². The van der Waals surface area contributed by atoms with Gasteiger partial charge in [-0.25, -0.2) is 22.2 Å². The van der Waals surface area contributed by atoms with Crippen LogP contribution in [0.15, 0.2) is 54.7 Å². The first-order valence-electron chi connectivity index (χ1n) is 9.22. The van der Waals surface area contributed by atoms with Crippen LogP contribution in [0.2, 0.25) is 0 Å². The van der Waals surface area contributed by atoms with Crippen LogP contribution in [-0.2, 0) is 22.8 Å². The normalized spacial score (nSPS) is 11.8. The number of hydrogen-bond donors (Lipinski definition) is 1. The molecule has 3 rings (SSSR count). The first-order valence-corrected chi connectivity index (χ1v) is 10.9. The highest BCUT2D eigenvalue weighted by molar-refractivity contribution is 7.92. The number of anilines is 1. The Balaban J connectivity index is 1.88. The molecule has 33 heavy (non-hydrogen) atoms. The van der Waals surface area contributed by atoms with Crippen molar-refractivity contribution in [1.82, 2.24) is 4.98 Å². The van der Waals surface area contributed by atoms with Gasteiger partial charge in [0.2, 0.25) is 11.9 Å². The molecule has 12 heteroatoms. The van der Waals surface area contributed by atoms with Crippen molar-refractivity contribution in [2.75, 3.05) is 17.8 Å². The molecular formula is C21H17F5N2O4S. The van der Waals surface area contributed by atoms with E-state index in [1.165, 1.54) is 43.6 Å². The molecule has 0 saturated carbocycles. The molecule has 1 aromatic heterocycles. The Hall–Kier alpha value is -3.41. The Morgan fingerprint density at radius 3 is 2.52 bits per heavy atom. The molecule has 6 nitrogen and oxygen atoms in total. The molecule has 0 amide bonds. The fourth-order valence-electron chi connectivity index (χ4n) is 2.85. The smallest absolute Gasteiger partial charge is 0.416 e. The third-order valence-electron chi connectivity index (χ3n) is 4.36. The average molecular weight is 488 g/mol. The van der Waals surface area contributed by atoms with Gasteiger partial charge in [0, 0.05) is 17.3 Å². The number of alkyl halides is 4. The third-order valence-corrected chi connectivity index (χ3v) is 5.18. The number of aromatic nitrogens is 1. The van der Waals surface area contributed by atoms with Gasteiger partial charge in [-0.05, 0) is 42.0 Å². The van der Waals surface area contributed by atoms with Gasteiger partial charge in [0.05, 0.1) is 12.7 Å². The van der Waals surface area contributed by atoms with Crippen molar-refractivity contribution in [2.24, 2.45) is 0 Å². The molecule has 0 fully saturated rings. The highest BCUT2D eigenvalue weighted by atomic mass is 32.2. The largest absolute Gasteiger partial charge is 0.489 e. The second kappa shape index (κ2) is 9.61. The average Bonchev–Trinajstić information content (AvgIpc) is 2.78. The molecule has 0 atom stereocenters. The standard InChI is InChI=1S/C21H17F5N2O4S/c1-31-20-19(28-33(29,30)12-22)8-14(10-27-20)17-9-16(5-6-18(17)23)32-11-13-3-2-4-15(7-13)21(24,25)26/h2-10,28H,11-12H2,1H3. The van der Waals surface area contributed by atoms with Crippen LogP contribution < -0.4 is 14.2 Å². The molecular weight excluding hydrogens is 471 g/mol. The maximum Gasteiger partial charge on any atom is 0.416 e. The van der Waals surface area contributed by atoms with Crippen LogP contribution in [-0.4, -0.2) is 26.5 Å². The van der Waals surface area contributed by atoms with Crippen molar-refractivity contribution < 1.29 is 39.8 Å². The maximum atomic E-state index is 14.5. The lowest BCUT2D eigenvalue weighted by molar-refractivity contribution is -0.137. The predicted molar refractivity (Wildman–Crippen MR) is 110 cm³/mol. The minimum absolute atomic E-state index is 0.0348. The van der Waals surface area contributed by atoms with E-state index in [0.29, 0.717) is 0 Å². The van der Waals surface area contributed by atoms with Crippen LogP contribution in [0.25, 0.3) is 11.1 Å². The summed E-state index contributed by atoms with van der Waals surface area (Å²) in [6.45, 7) is -0.211. The lowest BCUT2D eigenvalue weighted by Crippen LogP contribution is -2.15. The van der Waals surface area contributed by atoms with Crippen LogP contribution in [0.4, 0.5) is 27.6 Å². The lowest BCUT2D eigenvalue weighted by atomic mass is 10.1. The second-order valence-corrected chi connectivity index (χ2v) is 8.39. The van der Waals surface area contributed by atoms with E-state index in [2.05, 4.69) is 4.98 Å². The van der Waals surface area contributed by atoms with E-state index in [-0.39, 0.29) is 40.6 Å². The van der Waals surface area contributed by atoms with Gasteiger partial charge in [-0.15, -0.1) is 0 Å². The number of ether oxygens (including phenoxy) is 2. The first kappa shape index (κ1) is 24.2. The molecule has 176 valence electrons. The first-order chi connectivity index (χ1) is 15.5. The number of sulfonamides is 1. The van der Waals surface area contributed by atoms with E-state index in [9.17, 15) is 30.4 Å². The van der Waals surface area contributed by atoms with Gasteiger partial charge in [-0.3, -0.25) is 4.72 Å². The van der Waals surface area contributed by atoms with Gasteiger partial charge < -0.3 is 9.47 Å². The van der Waals surface area contributed by atoms with Gasteiger partial charge in [0.1, 0.15) is 23.9 Å². The molecule has 0 spiro atoms. The number of benzene rings is 2. The van der Waals surface area contributed by atoms with Crippen molar-refractivity contribution in [3.63, 3.8) is 0 Å². The molecule has 1 N–H and O–H groups in total. The maximum absolute atomic E-state index is 14.5. The summed E-state index contributed by atoms with van der Waals surface area (Å²) in [7, 11) is -3.09. The summed E-state index contributed by atoms with van der Waals surface area (Å²) in [5.41, 5.74) is -0.690. The van der Waals surface area contributed by atoms with Crippen LogP contribution in [0, 0.1) is 5.82 Å². The Morgan fingerprint density at radius 1 is 1.09 bits per heavy atom. The monoisotopic (exact) mass is 488 g/mol. The Kier molecular flexibility index (Phi) is 7.06. The number of nitrogens with zero attached hydrogens (tertiary/aromatic N) is 1. The molecule has 0 bridgehead atoms. The van der Waals surface area contributed by atoms with Crippen LogP contribution in [0.1, 0.15) is 11.1 Å². The van der Waals surface area contributed by atoms with Crippen molar-refractivity contribution in [2.45, 2.75) is 12.8 Å². The van der Waals surface area contributed by atoms with Gasteiger partial charge >= 0.3 is 6.18 Å². The molecule has 0 unspecified atom stereocenters. The zero-order chi connectivity index (χ0) is 24.2. The molecule has 0 saturated heterocycles. The molecule has 2 aromatic carbocycles. The van der Waals surface area contributed by atoms with E-state index < -0.39 is 33.6 Å². The quantitative estimate of drug-likeness (QED) is 0.443. The predicted octanol–water partition coefficient (Wildman–Crippen LogP) is 5.16. The van der Waals surface area contributed by atoms with Gasteiger partial charge in [0.25, 0.3) is 10.0 Å². The minimum Gasteiger partial charge on any atom is -0.489 e. The minimum atomic E-state index is -4.50. The third kappa shape index (κ3) is 6.09. The zero-order valence-electron chi connectivity index (χ0n) is 17.0. The van der Waals surface area contributed by atoms with Gasteiger partial charge in [0.15, 0.2) is 0 Å². The number of nitrogens with one attached hydrogen (secondary N) is 1. The molecule has 3 aromatic rings. The van der Waals surface area contributed by atoms with E-state index in [1.807, 2.05) is 4.72 Å². The van der Waals surface area contributed by atoms with E-state index in [1.54, 1.807) is 0 Å². The SMILES string of the molecule is COc1ncc(-c2cc(OCc3cccc(C(F)(F)F)c3)ccc2F)cc1NS(=O)(=O)CF. The Bertz CT molecular complexity index is 1250. The summed E-state index contributed by atoms with van der Waals surface area (Å²) < 4.78 is 101. The van der Waals surface area contributed by atoms with E-state index in [0.717, 1.165) is 18.2 Å². The fraction of sp³-hybridized carbons (Fsp3) is 0.190. The molecule has 1 heterocycles. The van der Waals surface area contributed by atoms with Crippen molar-refractivity contribution >= 4 is 15.7 Å². The Morgan fingerprint density at radius 2 is 1.85 bits per heavy atom. The number of hydrogen-bond acceptors (Lipinski definition) is 5. The van der Waals surface area contributed by atoms with Crippen molar-refractivity contribution in [3.8, 4) is 22.8 Å². The topological polar surface area (TPSA) is 77.5 Å². The van der Waals surface area contributed by atoms with Crippen molar-refractivity contribution in [3.05, 3.63) is 71.7 Å².